The number of hydrogen-bond acceptors (Lipinski definition) is 8. The largest absolute Gasteiger partial charge is 0.378 e. The van der Waals surface area contributed by atoms with Gasteiger partial charge in [0.25, 0.3) is 5.91 Å². The molecule has 1 amide bonds. The van der Waals surface area contributed by atoms with Gasteiger partial charge in [0.15, 0.2) is 5.65 Å². The summed E-state index contributed by atoms with van der Waals surface area (Å²) in [6, 6.07) is 7.09. The van der Waals surface area contributed by atoms with Gasteiger partial charge in [-0.3, -0.25) is 4.79 Å². The molecule has 1 saturated carbocycles. The maximum atomic E-state index is 13.2. The van der Waals surface area contributed by atoms with Gasteiger partial charge in [0, 0.05) is 32.6 Å². The van der Waals surface area contributed by atoms with Gasteiger partial charge in [0.1, 0.15) is 35.0 Å². The fourth-order valence-electron chi connectivity index (χ4n) is 3.52. The van der Waals surface area contributed by atoms with Crippen molar-refractivity contribution in [3.63, 3.8) is 0 Å². The summed E-state index contributed by atoms with van der Waals surface area (Å²) >= 11 is 0. The zero-order chi connectivity index (χ0) is 21.4. The smallest absolute Gasteiger partial charge is 0.257 e. The number of halogens is 1. The van der Waals surface area contributed by atoms with E-state index in [2.05, 4.69) is 35.9 Å². The average Bonchev–Trinajstić information content (AvgIpc) is 3.31. The van der Waals surface area contributed by atoms with Crippen LogP contribution < -0.4 is 20.9 Å². The van der Waals surface area contributed by atoms with Crippen molar-refractivity contribution in [3.05, 3.63) is 36.0 Å². The summed E-state index contributed by atoms with van der Waals surface area (Å²) in [5.74, 6) is 2.25. The molecule has 1 aliphatic heterocycles. The predicted molar refractivity (Wildman–Crippen MR) is 114 cm³/mol. The van der Waals surface area contributed by atoms with E-state index < -0.39 is 12.2 Å². The van der Waals surface area contributed by atoms with Gasteiger partial charge >= 0.3 is 0 Å². The molecule has 4 heterocycles. The molecule has 3 aromatic rings. The number of ether oxygens (including phenoxy) is 1. The zero-order valence-corrected chi connectivity index (χ0v) is 17.0. The van der Waals surface area contributed by atoms with E-state index in [-0.39, 0.29) is 11.5 Å². The van der Waals surface area contributed by atoms with Crippen molar-refractivity contribution in [1.29, 1.82) is 0 Å². The third-order valence-electron chi connectivity index (χ3n) is 5.33. The lowest BCUT2D eigenvalue weighted by molar-refractivity contribution is 0.0949. The van der Waals surface area contributed by atoms with Crippen LogP contribution in [-0.2, 0) is 4.74 Å². The number of pyridine rings is 1. The number of alkyl halides is 1. The minimum absolute atomic E-state index is 0.286. The molecule has 10 nitrogen and oxygen atoms in total. The molecule has 0 radical (unpaired) electrons. The lowest BCUT2D eigenvalue weighted by atomic mass is 10.3. The van der Waals surface area contributed by atoms with E-state index in [1.165, 1.54) is 10.7 Å². The summed E-state index contributed by atoms with van der Waals surface area (Å²) < 4.78 is 20.1. The van der Waals surface area contributed by atoms with Crippen LogP contribution in [-0.4, -0.2) is 71.1 Å². The van der Waals surface area contributed by atoms with Crippen molar-refractivity contribution in [1.82, 2.24) is 24.9 Å². The van der Waals surface area contributed by atoms with Crippen LogP contribution in [0.1, 0.15) is 16.8 Å². The van der Waals surface area contributed by atoms with Crippen molar-refractivity contribution >= 4 is 34.8 Å². The van der Waals surface area contributed by atoms with E-state index in [0.29, 0.717) is 42.7 Å². The number of aromatic nitrogens is 4. The van der Waals surface area contributed by atoms with Crippen LogP contribution in [0, 0.1) is 0 Å². The molecule has 2 atom stereocenters. The molecule has 0 bridgehead atoms. The normalized spacial score (nSPS) is 20.5. The number of hydrogen-bond donors (Lipinski definition) is 3. The zero-order valence-electron chi connectivity index (χ0n) is 17.0. The maximum Gasteiger partial charge on any atom is 0.257 e. The van der Waals surface area contributed by atoms with Crippen LogP contribution in [0.3, 0.4) is 0 Å². The Bertz CT molecular complexity index is 1110. The third-order valence-corrected chi connectivity index (χ3v) is 5.33. The highest BCUT2D eigenvalue weighted by Gasteiger charge is 2.39. The molecule has 3 aromatic heterocycles. The fraction of sp³-hybridized carbons (Fsp3) is 0.400. The first-order chi connectivity index (χ1) is 15.1. The molecule has 11 heteroatoms. The second-order valence-electron chi connectivity index (χ2n) is 7.51. The Labute approximate surface area is 177 Å². The van der Waals surface area contributed by atoms with Crippen LogP contribution in [0.2, 0.25) is 0 Å². The Kier molecular flexibility index (Phi) is 5.02. The van der Waals surface area contributed by atoms with E-state index in [4.69, 9.17) is 4.74 Å². The SMILES string of the molecule is CNc1cc(Nc2cccc(N3CCOCC3)n2)nc2c(C(=O)N[C@H]3C[C@H]3F)cnn12. The maximum absolute atomic E-state index is 13.2. The van der Waals surface area contributed by atoms with Crippen molar-refractivity contribution in [3.8, 4) is 0 Å². The number of anilines is 4. The van der Waals surface area contributed by atoms with Gasteiger partial charge < -0.3 is 25.6 Å². The summed E-state index contributed by atoms with van der Waals surface area (Å²) in [4.78, 5) is 24.0. The minimum Gasteiger partial charge on any atom is -0.378 e. The fourth-order valence-corrected chi connectivity index (χ4v) is 3.52. The first kappa shape index (κ1) is 19.5. The molecule has 162 valence electrons. The number of carbonyl (C=O) groups excluding carboxylic acids is 1. The van der Waals surface area contributed by atoms with Crippen molar-refractivity contribution in [2.24, 2.45) is 0 Å². The quantitative estimate of drug-likeness (QED) is 0.545. The molecule has 0 aromatic carbocycles. The van der Waals surface area contributed by atoms with Gasteiger partial charge in [-0.1, -0.05) is 6.07 Å². The third kappa shape index (κ3) is 3.96. The topological polar surface area (TPSA) is 109 Å². The highest BCUT2D eigenvalue weighted by atomic mass is 19.1. The summed E-state index contributed by atoms with van der Waals surface area (Å²) in [6.45, 7) is 2.94. The molecule has 2 fully saturated rings. The van der Waals surface area contributed by atoms with E-state index in [1.807, 2.05) is 18.2 Å². The molecule has 31 heavy (non-hydrogen) atoms. The number of morpholine rings is 1. The molecule has 3 N–H and O–H groups in total. The number of fused-ring (bicyclic) bond motifs is 1. The Balaban J connectivity index is 1.43. The molecule has 0 unspecified atom stereocenters. The Morgan fingerprint density at radius 3 is 2.77 bits per heavy atom. The van der Waals surface area contributed by atoms with E-state index in [0.717, 1.165) is 18.9 Å². The highest BCUT2D eigenvalue weighted by molar-refractivity contribution is 6.00. The second-order valence-corrected chi connectivity index (χ2v) is 7.51. The minimum atomic E-state index is -0.978. The average molecular weight is 426 g/mol. The van der Waals surface area contributed by atoms with Gasteiger partial charge in [-0.05, 0) is 12.1 Å². The van der Waals surface area contributed by atoms with Gasteiger partial charge in [-0.15, -0.1) is 0 Å². The number of carbonyl (C=O) groups is 1. The standard InChI is InChI=1S/C20H23FN8O2/c1-22-18-10-16(25-15-3-2-4-17(26-15)28-5-7-31-8-6-28)27-19-12(11-23-29(18)19)20(30)24-14-9-13(14)21/h2-4,10-11,13-14,22H,5-9H2,1H3,(H,24,30)(H,25,26,27)/t13-,14+/m1/s1. The van der Waals surface area contributed by atoms with Crippen molar-refractivity contribution < 1.29 is 13.9 Å². The molecule has 5 rings (SSSR count). The second kappa shape index (κ2) is 7.99. The number of nitrogens with zero attached hydrogens (tertiary/aromatic N) is 5. The number of rotatable bonds is 6. The molecule has 0 spiro atoms. The Hall–Kier alpha value is -3.47. The highest BCUT2D eigenvalue weighted by Crippen LogP contribution is 2.26. The molecule has 1 saturated heterocycles. The summed E-state index contributed by atoms with van der Waals surface area (Å²) in [7, 11) is 1.76. The monoisotopic (exact) mass is 426 g/mol. The molecule has 2 aliphatic rings. The van der Waals surface area contributed by atoms with E-state index in [1.54, 1.807) is 13.1 Å². The number of amides is 1. The molecular weight excluding hydrogens is 403 g/mol. The molecular formula is C20H23FN8O2. The van der Waals surface area contributed by atoms with Gasteiger partial charge in [0.2, 0.25) is 0 Å². The predicted octanol–water partition coefficient (Wildman–Crippen LogP) is 1.59. The summed E-state index contributed by atoms with van der Waals surface area (Å²) in [6.07, 6.45) is 0.807. The van der Waals surface area contributed by atoms with E-state index in [9.17, 15) is 9.18 Å². The van der Waals surface area contributed by atoms with Crippen LogP contribution in [0.15, 0.2) is 30.5 Å². The first-order valence-corrected chi connectivity index (χ1v) is 10.2. The summed E-state index contributed by atoms with van der Waals surface area (Å²) in [5, 5.41) is 13.2. The van der Waals surface area contributed by atoms with Gasteiger partial charge in [-0.2, -0.15) is 9.61 Å². The molecule has 1 aliphatic carbocycles. The number of nitrogens with one attached hydrogen (secondary N) is 3. The van der Waals surface area contributed by atoms with Gasteiger partial charge in [-0.25, -0.2) is 14.4 Å². The van der Waals surface area contributed by atoms with Crippen molar-refractivity contribution in [2.45, 2.75) is 18.6 Å². The van der Waals surface area contributed by atoms with Crippen LogP contribution in [0.25, 0.3) is 5.65 Å². The van der Waals surface area contributed by atoms with E-state index >= 15 is 0 Å². The Morgan fingerprint density at radius 1 is 1.23 bits per heavy atom. The van der Waals surface area contributed by atoms with Crippen molar-refractivity contribution in [2.75, 3.05) is 48.9 Å². The van der Waals surface area contributed by atoms with Gasteiger partial charge in [0.05, 0.1) is 25.5 Å². The Morgan fingerprint density at radius 2 is 2.03 bits per heavy atom. The van der Waals surface area contributed by atoms with Crippen LogP contribution in [0.5, 0.6) is 0 Å². The lowest BCUT2D eigenvalue weighted by Crippen LogP contribution is -2.36. The lowest BCUT2D eigenvalue weighted by Gasteiger charge is -2.28. The first-order valence-electron chi connectivity index (χ1n) is 10.2. The summed E-state index contributed by atoms with van der Waals surface area (Å²) in [5.41, 5.74) is 0.654. The van der Waals surface area contributed by atoms with Crippen LogP contribution >= 0.6 is 0 Å². The van der Waals surface area contributed by atoms with Crippen LogP contribution in [0.4, 0.5) is 27.7 Å².